The van der Waals surface area contributed by atoms with Crippen molar-refractivity contribution in [3.05, 3.63) is 35.9 Å². The summed E-state index contributed by atoms with van der Waals surface area (Å²) >= 11 is 0. The third kappa shape index (κ3) is 3.93. The summed E-state index contributed by atoms with van der Waals surface area (Å²) in [6.45, 7) is 6.73. The molecule has 1 atom stereocenters. The monoisotopic (exact) mass is 191 g/mol. The lowest BCUT2D eigenvalue weighted by atomic mass is 10.0. The van der Waals surface area contributed by atoms with Gasteiger partial charge in [0.15, 0.2) is 0 Å². The summed E-state index contributed by atoms with van der Waals surface area (Å²) < 4.78 is 0. The minimum absolute atomic E-state index is 0.619. The third-order valence-corrected chi connectivity index (χ3v) is 2.53. The number of unbranched alkanes of at least 4 members (excludes halogenated alkanes) is 1. The molecule has 0 saturated carbocycles. The van der Waals surface area contributed by atoms with Crippen LogP contribution >= 0.6 is 0 Å². The summed E-state index contributed by atoms with van der Waals surface area (Å²) in [5.41, 5.74) is 1.43. The second-order valence-electron chi connectivity index (χ2n) is 3.87. The number of hydrogen-bond acceptors (Lipinski definition) is 1. The molecule has 0 fully saturated rings. The van der Waals surface area contributed by atoms with Gasteiger partial charge in [-0.1, -0.05) is 50.6 Å². The van der Waals surface area contributed by atoms with Gasteiger partial charge in [0.05, 0.1) is 0 Å². The first-order valence-corrected chi connectivity index (χ1v) is 5.60. The maximum atomic E-state index is 3.48. The predicted octanol–water partition coefficient (Wildman–Crippen LogP) is 3.18. The molecule has 0 saturated heterocycles. The lowest BCUT2D eigenvalue weighted by Gasteiger charge is -2.12. The van der Waals surface area contributed by atoms with Gasteiger partial charge in [-0.25, -0.2) is 0 Å². The Labute approximate surface area is 87.5 Å². The Morgan fingerprint density at radius 2 is 1.93 bits per heavy atom. The molecule has 0 aromatic heterocycles. The molecule has 0 amide bonds. The van der Waals surface area contributed by atoms with Crippen LogP contribution in [-0.4, -0.2) is 13.1 Å². The molecule has 0 radical (unpaired) electrons. The summed E-state index contributed by atoms with van der Waals surface area (Å²) in [7, 11) is 0. The average molecular weight is 191 g/mol. The van der Waals surface area contributed by atoms with Gasteiger partial charge >= 0.3 is 0 Å². The van der Waals surface area contributed by atoms with Crippen molar-refractivity contribution >= 4 is 0 Å². The van der Waals surface area contributed by atoms with Gasteiger partial charge in [0, 0.05) is 6.54 Å². The van der Waals surface area contributed by atoms with Crippen molar-refractivity contribution < 1.29 is 0 Å². The van der Waals surface area contributed by atoms with Crippen molar-refractivity contribution in [2.24, 2.45) is 0 Å². The molecule has 0 unspecified atom stereocenters. The van der Waals surface area contributed by atoms with E-state index in [-0.39, 0.29) is 0 Å². The Kier molecular flexibility index (Phi) is 5.31. The Morgan fingerprint density at radius 1 is 1.21 bits per heavy atom. The minimum Gasteiger partial charge on any atom is -0.316 e. The minimum atomic E-state index is 0.619. The molecule has 1 aromatic rings. The SMILES string of the molecule is CCCCNC[C@H](C)c1ccccc1. The Bertz CT molecular complexity index is 230. The summed E-state index contributed by atoms with van der Waals surface area (Å²) in [5, 5.41) is 3.48. The van der Waals surface area contributed by atoms with Gasteiger partial charge in [-0.3, -0.25) is 0 Å². The summed E-state index contributed by atoms with van der Waals surface area (Å²) in [4.78, 5) is 0. The quantitative estimate of drug-likeness (QED) is 0.681. The first kappa shape index (κ1) is 11.3. The Balaban J connectivity index is 2.25. The molecule has 78 valence electrons. The maximum absolute atomic E-state index is 3.48. The van der Waals surface area contributed by atoms with Crippen LogP contribution in [0.1, 0.15) is 38.2 Å². The zero-order chi connectivity index (χ0) is 10.2. The third-order valence-electron chi connectivity index (χ3n) is 2.53. The lowest BCUT2D eigenvalue weighted by molar-refractivity contribution is 0.591. The second kappa shape index (κ2) is 6.61. The molecule has 0 aliphatic heterocycles. The van der Waals surface area contributed by atoms with E-state index in [4.69, 9.17) is 0 Å². The molecular formula is C13H21N. The van der Waals surface area contributed by atoms with Crippen LogP contribution in [0.2, 0.25) is 0 Å². The number of rotatable bonds is 6. The molecule has 1 aromatic carbocycles. The van der Waals surface area contributed by atoms with E-state index in [1.165, 1.54) is 18.4 Å². The van der Waals surface area contributed by atoms with Crippen LogP contribution in [0.5, 0.6) is 0 Å². The fourth-order valence-corrected chi connectivity index (χ4v) is 1.52. The molecule has 0 heterocycles. The van der Waals surface area contributed by atoms with Gasteiger partial charge < -0.3 is 5.32 Å². The van der Waals surface area contributed by atoms with Crippen LogP contribution in [0.25, 0.3) is 0 Å². The maximum Gasteiger partial charge on any atom is 0.00174 e. The molecule has 0 aliphatic carbocycles. The van der Waals surface area contributed by atoms with E-state index in [0.717, 1.165) is 13.1 Å². The summed E-state index contributed by atoms with van der Waals surface area (Å²) in [6.07, 6.45) is 2.55. The van der Waals surface area contributed by atoms with E-state index in [1.54, 1.807) is 0 Å². The standard InChI is InChI=1S/C13H21N/c1-3-4-10-14-11-12(2)13-8-6-5-7-9-13/h5-9,12,14H,3-4,10-11H2,1-2H3/t12-/m0/s1. The van der Waals surface area contributed by atoms with Gasteiger partial charge in [-0.05, 0) is 24.4 Å². The molecule has 1 rings (SSSR count). The van der Waals surface area contributed by atoms with Crippen LogP contribution < -0.4 is 5.32 Å². The normalized spacial score (nSPS) is 12.7. The van der Waals surface area contributed by atoms with Crippen LogP contribution in [0.15, 0.2) is 30.3 Å². The van der Waals surface area contributed by atoms with Crippen LogP contribution in [0, 0.1) is 0 Å². The van der Waals surface area contributed by atoms with Crippen molar-refractivity contribution in [1.82, 2.24) is 5.32 Å². The van der Waals surface area contributed by atoms with Gasteiger partial charge in [0.2, 0.25) is 0 Å². The lowest BCUT2D eigenvalue weighted by Crippen LogP contribution is -2.21. The zero-order valence-electron chi connectivity index (χ0n) is 9.29. The first-order valence-electron chi connectivity index (χ1n) is 5.60. The van der Waals surface area contributed by atoms with Gasteiger partial charge in [0.1, 0.15) is 0 Å². The van der Waals surface area contributed by atoms with Crippen molar-refractivity contribution in [2.45, 2.75) is 32.6 Å². The molecule has 0 bridgehead atoms. The van der Waals surface area contributed by atoms with E-state index in [2.05, 4.69) is 49.5 Å². The Hall–Kier alpha value is -0.820. The van der Waals surface area contributed by atoms with Gasteiger partial charge in [0.25, 0.3) is 0 Å². The highest BCUT2D eigenvalue weighted by molar-refractivity contribution is 5.18. The Morgan fingerprint density at radius 3 is 2.57 bits per heavy atom. The average Bonchev–Trinajstić information content (AvgIpc) is 2.25. The van der Waals surface area contributed by atoms with E-state index < -0.39 is 0 Å². The largest absolute Gasteiger partial charge is 0.316 e. The van der Waals surface area contributed by atoms with Crippen molar-refractivity contribution in [2.75, 3.05) is 13.1 Å². The molecule has 1 N–H and O–H groups in total. The molecule has 1 heteroatoms. The first-order chi connectivity index (χ1) is 6.84. The highest BCUT2D eigenvalue weighted by Crippen LogP contribution is 2.12. The molecular weight excluding hydrogens is 170 g/mol. The topological polar surface area (TPSA) is 12.0 Å². The highest BCUT2D eigenvalue weighted by atomic mass is 14.8. The van der Waals surface area contributed by atoms with Crippen LogP contribution in [-0.2, 0) is 0 Å². The number of hydrogen-bond donors (Lipinski definition) is 1. The van der Waals surface area contributed by atoms with Crippen LogP contribution in [0.3, 0.4) is 0 Å². The van der Waals surface area contributed by atoms with E-state index in [1.807, 2.05) is 0 Å². The molecule has 14 heavy (non-hydrogen) atoms. The van der Waals surface area contributed by atoms with E-state index in [9.17, 15) is 0 Å². The highest BCUT2D eigenvalue weighted by Gasteiger charge is 2.02. The fraction of sp³-hybridized carbons (Fsp3) is 0.538. The summed E-state index contributed by atoms with van der Waals surface area (Å²) in [6, 6.07) is 10.7. The zero-order valence-corrected chi connectivity index (χ0v) is 9.29. The van der Waals surface area contributed by atoms with Gasteiger partial charge in [-0.2, -0.15) is 0 Å². The molecule has 0 aliphatic rings. The predicted molar refractivity (Wildman–Crippen MR) is 62.6 cm³/mol. The molecule has 1 nitrogen and oxygen atoms in total. The van der Waals surface area contributed by atoms with Crippen molar-refractivity contribution in [1.29, 1.82) is 0 Å². The second-order valence-corrected chi connectivity index (χ2v) is 3.87. The van der Waals surface area contributed by atoms with Gasteiger partial charge in [-0.15, -0.1) is 0 Å². The summed E-state index contributed by atoms with van der Waals surface area (Å²) in [5.74, 6) is 0.619. The number of benzene rings is 1. The number of nitrogens with one attached hydrogen (secondary N) is 1. The molecule has 0 spiro atoms. The smallest absolute Gasteiger partial charge is 0.00174 e. The van der Waals surface area contributed by atoms with Crippen molar-refractivity contribution in [3.8, 4) is 0 Å². The fourth-order valence-electron chi connectivity index (χ4n) is 1.52. The van der Waals surface area contributed by atoms with E-state index in [0.29, 0.717) is 5.92 Å². The van der Waals surface area contributed by atoms with E-state index >= 15 is 0 Å². The van der Waals surface area contributed by atoms with Crippen molar-refractivity contribution in [3.63, 3.8) is 0 Å². The van der Waals surface area contributed by atoms with Crippen LogP contribution in [0.4, 0.5) is 0 Å².